The maximum absolute atomic E-state index is 12.7. The Balaban J connectivity index is 2.26. The predicted octanol–water partition coefficient (Wildman–Crippen LogP) is 2.10. The van der Waals surface area contributed by atoms with Crippen molar-refractivity contribution in [1.29, 1.82) is 0 Å². The number of carbonyl (C=O) groups excluding carboxylic acids is 1. The second kappa shape index (κ2) is 7.60. The van der Waals surface area contributed by atoms with E-state index in [1.807, 2.05) is 0 Å². The molecule has 0 fully saturated rings. The number of pyridine rings is 1. The van der Waals surface area contributed by atoms with E-state index in [-0.39, 0.29) is 35.3 Å². The molecule has 0 bridgehead atoms. The summed E-state index contributed by atoms with van der Waals surface area (Å²) in [7, 11) is -2.59. The van der Waals surface area contributed by atoms with Crippen molar-refractivity contribution in [2.24, 2.45) is 5.16 Å². The van der Waals surface area contributed by atoms with Gasteiger partial charge in [0.25, 0.3) is 0 Å². The van der Waals surface area contributed by atoms with Crippen LogP contribution in [-0.2, 0) is 25.8 Å². The number of nitrogens with zero attached hydrogens (tertiary/aromatic N) is 4. The average Bonchev–Trinajstić information content (AvgIpc) is 2.99. The van der Waals surface area contributed by atoms with Crippen LogP contribution >= 0.6 is 11.6 Å². The summed E-state index contributed by atoms with van der Waals surface area (Å²) in [5.74, 6) is -0.495. The molecule has 8 nitrogen and oxygen atoms in total. The van der Waals surface area contributed by atoms with Gasteiger partial charge in [-0.2, -0.15) is 13.2 Å². The first-order valence-electron chi connectivity index (χ1n) is 7.48. The van der Waals surface area contributed by atoms with Gasteiger partial charge in [0.05, 0.1) is 23.4 Å². The second-order valence-electron chi connectivity index (χ2n) is 5.84. The van der Waals surface area contributed by atoms with E-state index in [0.717, 1.165) is 15.7 Å². The Morgan fingerprint density at radius 1 is 1.44 bits per heavy atom. The molecule has 0 saturated heterocycles. The smallest absolute Gasteiger partial charge is 0.390 e. The molecule has 0 amide bonds. The molecule has 1 aromatic heterocycles. The van der Waals surface area contributed by atoms with Crippen molar-refractivity contribution < 1.29 is 31.2 Å². The highest BCUT2D eigenvalue weighted by atomic mass is 35.5. The number of hydrazine groups is 1. The summed E-state index contributed by atoms with van der Waals surface area (Å²) in [6, 6.07) is 0.657. The Labute approximate surface area is 158 Å². The fraction of sp³-hybridized carbons (Fsp3) is 0.500. The van der Waals surface area contributed by atoms with E-state index in [2.05, 4.69) is 10.1 Å². The number of halogens is 4. The first-order valence-corrected chi connectivity index (χ1v) is 9.71. The number of alkyl halides is 3. The van der Waals surface area contributed by atoms with Gasteiger partial charge in [-0.05, 0) is 6.07 Å². The Morgan fingerprint density at radius 3 is 2.52 bits per heavy atom. The molecule has 0 N–H and O–H groups in total. The van der Waals surface area contributed by atoms with Crippen LogP contribution in [0.5, 0.6) is 0 Å². The van der Waals surface area contributed by atoms with Crippen LogP contribution in [0.2, 0.25) is 5.02 Å². The summed E-state index contributed by atoms with van der Waals surface area (Å²) >= 11 is 5.88. The van der Waals surface area contributed by atoms with E-state index in [0.29, 0.717) is 12.3 Å². The summed E-state index contributed by atoms with van der Waals surface area (Å²) in [5, 5.41) is 4.23. The Hall–Kier alpha value is -1.92. The van der Waals surface area contributed by atoms with E-state index in [4.69, 9.17) is 16.4 Å². The number of anilines is 1. The molecule has 1 aromatic rings. The van der Waals surface area contributed by atoms with Crippen molar-refractivity contribution in [3.05, 3.63) is 22.8 Å². The van der Waals surface area contributed by atoms with Gasteiger partial charge in [0.1, 0.15) is 11.8 Å². The molecule has 0 spiro atoms. The molecule has 0 unspecified atom stereocenters. The lowest BCUT2D eigenvalue weighted by Crippen LogP contribution is -2.48. The second-order valence-corrected chi connectivity index (χ2v) is 8.14. The van der Waals surface area contributed by atoms with Gasteiger partial charge in [-0.3, -0.25) is 9.80 Å². The quantitative estimate of drug-likeness (QED) is 0.644. The summed E-state index contributed by atoms with van der Waals surface area (Å²) in [6.07, 6.45) is -3.81. The molecule has 2 rings (SSSR count). The van der Waals surface area contributed by atoms with Crippen LogP contribution in [0.4, 0.5) is 19.0 Å². The Morgan fingerprint density at radius 2 is 2.07 bits per heavy atom. The Kier molecular flexibility index (Phi) is 6.02. The zero-order chi connectivity index (χ0) is 20.6. The maximum Gasteiger partial charge on any atom is 0.417 e. The number of rotatable bonds is 6. The number of aromatic nitrogens is 1. The minimum absolute atomic E-state index is 0.101. The molecule has 1 aliphatic rings. The van der Waals surface area contributed by atoms with Gasteiger partial charge >= 0.3 is 6.18 Å². The fourth-order valence-corrected chi connectivity index (χ4v) is 3.57. The normalized spacial score (nSPS) is 17.6. The van der Waals surface area contributed by atoms with Crippen molar-refractivity contribution in [2.75, 3.05) is 24.9 Å². The van der Waals surface area contributed by atoms with Crippen LogP contribution in [0, 0.1) is 0 Å². The average molecular weight is 429 g/mol. The lowest BCUT2D eigenvalue weighted by Gasteiger charge is -2.32. The zero-order valence-corrected chi connectivity index (χ0v) is 16.1. The molecule has 0 radical (unpaired) electrons. The van der Waals surface area contributed by atoms with Gasteiger partial charge in [0.2, 0.25) is 10.0 Å². The molecule has 27 heavy (non-hydrogen) atoms. The Bertz CT molecular complexity index is 876. The minimum Gasteiger partial charge on any atom is -0.390 e. The number of sulfonamides is 1. The number of ketones is 1. The summed E-state index contributed by atoms with van der Waals surface area (Å²) in [5.41, 5.74) is -0.893. The van der Waals surface area contributed by atoms with E-state index in [1.54, 1.807) is 0 Å². The molecule has 0 aliphatic carbocycles. The van der Waals surface area contributed by atoms with Gasteiger partial charge in [0, 0.05) is 26.6 Å². The topological polar surface area (TPSA) is 92.2 Å². The molecular weight excluding hydrogens is 413 g/mol. The van der Waals surface area contributed by atoms with E-state index >= 15 is 0 Å². The van der Waals surface area contributed by atoms with Crippen molar-refractivity contribution >= 4 is 38.9 Å². The van der Waals surface area contributed by atoms with Crippen LogP contribution in [-0.4, -0.2) is 55.3 Å². The van der Waals surface area contributed by atoms with Crippen LogP contribution in [0.1, 0.15) is 18.9 Å². The molecule has 0 aromatic carbocycles. The first-order chi connectivity index (χ1) is 12.3. The van der Waals surface area contributed by atoms with Gasteiger partial charge in [-0.25, -0.2) is 13.4 Å². The van der Waals surface area contributed by atoms with Crippen molar-refractivity contribution in [2.45, 2.75) is 25.6 Å². The zero-order valence-electron chi connectivity index (χ0n) is 14.5. The third-order valence-corrected chi connectivity index (χ3v) is 5.11. The fourth-order valence-electron chi connectivity index (χ4n) is 2.32. The largest absolute Gasteiger partial charge is 0.417 e. The SMILES string of the molecule is CC(=O)C1=NO[C@@H](CN(N(C)c2ncc(C(F)(F)F)cc2Cl)S(C)(=O)=O)C1. The number of Topliss-reactive ketones (excluding diaryl/α,β-unsaturated/α-hetero) is 1. The molecule has 2 heterocycles. The van der Waals surface area contributed by atoms with Crippen molar-refractivity contribution in [3.8, 4) is 0 Å². The van der Waals surface area contributed by atoms with Crippen LogP contribution in [0.3, 0.4) is 0 Å². The highest BCUT2D eigenvalue weighted by Crippen LogP contribution is 2.34. The molecule has 1 aliphatic heterocycles. The van der Waals surface area contributed by atoms with E-state index in [1.165, 1.54) is 14.0 Å². The van der Waals surface area contributed by atoms with Crippen LogP contribution < -0.4 is 5.01 Å². The van der Waals surface area contributed by atoms with Gasteiger partial charge in [0.15, 0.2) is 11.6 Å². The minimum atomic E-state index is -4.64. The molecule has 13 heteroatoms. The molecule has 0 saturated carbocycles. The first kappa shape index (κ1) is 21.4. The number of oxime groups is 1. The van der Waals surface area contributed by atoms with Gasteiger partial charge in [-0.1, -0.05) is 16.8 Å². The number of hydrogen-bond donors (Lipinski definition) is 0. The molecule has 1 atom stereocenters. The summed E-state index contributed by atoms with van der Waals surface area (Å²) < 4.78 is 63.4. The highest BCUT2D eigenvalue weighted by Gasteiger charge is 2.35. The standard InChI is InChI=1S/C14H16ClF3N4O4S/c1-8(23)12-5-10(26-20-12)7-22(27(3,24)25)21(2)13-11(15)4-9(6-19-13)14(16,17)18/h4,6,10H,5,7H2,1-3H3/t10-/m1/s1. The third-order valence-electron chi connectivity index (χ3n) is 3.67. The monoisotopic (exact) mass is 428 g/mol. The number of hydrogen-bond acceptors (Lipinski definition) is 7. The molecule has 150 valence electrons. The van der Waals surface area contributed by atoms with Crippen LogP contribution in [0.25, 0.3) is 0 Å². The van der Waals surface area contributed by atoms with Gasteiger partial charge < -0.3 is 4.84 Å². The van der Waals surface area contributed by atoms with E-state index in [9.17, 15) is 26.4 Å². The predicted molar refractivity (Wildman–Crippen MR) is 91.8 cm³/mol. The van der Waals surface area contributed by atoms with Crippen molar-refractivity contribution in [3.63, 3.8) is 0 Å². The van der Waals surface area contributed by atoms with E-state index < -0.39 is 27.9 Å². The number of carbonyl (C=O) groups is 1. The lowest BCUT2D eigenvalue weighted by molar-refractivity contribution is -0.137. The highest BCUT2D eigenvalue weighted by molar-refractivity contribution is 7.88. The summed E-state index contributed by atoms with van der Waals surface area (Å²) in [4.78, 5) is 20.0. The van der Waals surface area contributed by atoms with Gasteiger partial charge in [-0.15, -0.1) is 4.41 Å². The lowest BCUT2D eigenvalue weighted by atomic mass is 10.1. The van der Waals surface area contributed by atoms with Crippen molar-refractivity contribution in [1.82, 2.24) is 9.40 Å². The summed E-state index contributed by atoms with van der Waals surface area (Å²) in [6.45, 7) is 1.06. The third kappa shape index (κ3) is 5.08. The maximum atomic E-state index is 12.7. The van der Waals surface area contributed by atoms with Crippen LogP contribution in [0.15, 0.2) is 17.4 Å². The molecular formula is C14H16ClF3N4O4S.